The van der Waals surface area contributed by atoms with Crippen LogP contribution in [0.5, 0.6) is 0 Å². The number of hydrogen-bond donors (Lipinski definition) is 2. The Hall–Kier alpha value is -3.46. The lowest BCUT2D eigenvalue weighted by atomic mass is 10.2. The molecule has 2 aromatic rings. The summed E-state index contributed by atoms with van der Waals surface area (Å²) in [7, 11) is 0. The first-order valence-electron chi connectivity index (χ1n) is 8.04. The Morgan fingerprint density at radius 2 is 1.82 bits per heavy atom. The van der Waals surface area contributed by atoms with Crippen molar-refractivity contribution in [1.82, 2.24) is 10.6 Å². The molecular formula is C18H16ClN3O6. The average molecular weight is 406 g/mol. The Balaban J connectivity index is 1.72. The van der Waals surface area contributed by atoms with Crippen molar-refractivity contribution < 1.29 is 24.0 Å². The molecule has 0 aliphatic heterocycles. The van der Waals surface area contributed by atoms with Crippen LogP contribution in [0, 0.1) is 10.1 Å². The molecule has 28 heavy (non-hydrogen) atoms. The van der Waals surface area contributed by atoms with Gasteiger partial charge in [0, 0.05) is 29.3 Å². The number of esters is 1. The van der Waals surface area contributed by atoms with Gasteiger partial charge in [-0.05, 0) is 23.8 Å². The minimum atomic E-state index is -0.823. The molecule has 2 rings (SSSR count). The fraction of sp³-hybridized carbons (Fsp3) is 0.167. The van der Waals surface area contributed by atoms with E-state index in [9.17, 15) is 24.5 Å². The zero-order valence-electron chi connectivity index (χ0n) is 14.5. The third-order valence-electron chi connectivity index (χ3n) is 3.46. The summed E-state index contributed by atoms with van der Waals surface area (Å²) in [5.74, 6) is -2.01. The number of nitro groups is 1. The second-order valence-electron chi connectivity index (χ2n) is 5.56. The molecule has 10 heteroatoms. The predicted molar refractivity (Wildman–Crippen MR) is 99.7 cm³/mol. The second kappa shape index (κ2) is 10.0. The minimum absolute atomic E-state index is 0.0289. The lowest BCUT2D eigenvalue weighted by Gasteiger charge is -2.08. The maximum Gasteiger partial charge on any atom is 0.325 e. The summed E-state index contributed by atoms with van der Waals surface area (Å²) in [5, 5.41) is 16.1. The molecule has 2 aromatic carbocycles. The van der Waals surface area contributed by atoms with Gasteiger partial charge in [-0.3, -0.25) is 24.5 Å². The Morgan fingerprint density at radius 1 is 1.07 bits per heavy atom. The molecule has 0 saturated heterocycles. The number of halogens is 1. The summed E-state index contributed by atoms with van der Waals surface area (Å²) in [6, 6.07) is 12.0. The number of carbonyl (C=O) groups is 3. The van der Waals surface area contributed by atoms with E-state index in [2.05, 4.69) is 10.6 Å². The molecule has 0 bridgehead atoms. The molecule has 2 amide bonds. The Kier molecular flexibility index (Phi) is 7.46. The highest BCUT2D eigenvalue weighted by Gasteiger charge is 2.13. The number of ether oxygens (including phenoxy) is 1. The fourth-order valence-corrected chi connectivity index (χ4v) is 2.32. The molecule has 0 heterocycles. The topological polar surface area (TPSA) is 128 Å². The number of nitrogens with zero attached hydrogens (tertiary/aromatic N) is 1. The van der Waals surface area contributed by atoms with E-state index in [1.54, 1.807) is 24.3 Å². The lowest BCUT2D eigenvalue weighted by Crippen LogP contribution is -2.33. The van der Waals surface area contributed by atoms with Gasteiger partial charge in [-0.15, -0.1) is 0 Å². The van der Waals surface area contributed by atoms with Crippen LogP contribution >= 0.6 is 11.6 Å². The summed E-state index contributed by atoms with van der Waals surface area (Å²) in [5.41, 5.74) is 0.573. The number of rotatable bonds is 8. The van der Waals surface area contributed by atoms with Crippen molar-refractivity contribution in [1.29, 1.82) is 0 Å². The third kappa shape index (κ3) is 6.69. The van der Waals surface area contributed by atoms with E-state index >= 15 is 0 Å². The number of nitrogens with one attached hydrogen (secondary N) is 2. The van der Waals surface area contributed by atoms with Crippen LogP contribution in [0.2, 0.25) is 5.02 Å². The largest absolute Gasteiger partial charge is 0.454 e. The fourth-order valence-electron chi connectivity index (χ4n) is 2.11. The van der Waals surface area contributed by atoms with Crippen molar-refractivity contribution in [2.75, 3.05) is 13.2 Å². The van der Waals surface area contributed by atoms with E-state index < -0.39 is 35.9 Å². The quantitative estimate of drug-likeness (QED) is 0.392. The van der Waals surface area contributed by atoms with Crippen LogP contribution in [0.25, 0.3) is 0 Å². The van der Waals surface area contributed by atoms with Gasteiger partial charge < -0.3 is 15.4 Å². The molecule has 0 unspecified atom stereocenters. The molecule has 0 saturated carbocycles. The van der Waals surface area contributed by atoms with Gasteiger partial charge in [-0.25, -0.2) is 0 Å². The van der Waals surface area contributed by atoms with Gasteiger partial charge in [-0.1, -0.05) is 29.8 Å². The van der Waals surface area contributed by atoms with Crippen molar-refractivity contribution in [3.05, 3.63) is 74.8 Å². The normalized spacial score (nSPS) is 10.0. The lowest BCUT2D eigenvalue weighted by molar-refractivity contribution is -0.384. The first-order chi connectivity index (χ1) is 13.3. The van der Waals surface area contributed by atoms with E-state index in [-0.39, 0.29) is 17.8 Å². The van der Waals surface area contributed by atoms with Crippen LogP contribution in [0.15, 0.2) is 48.5 Å². The van der Waals surface area contributed by atoms with Crippen molar-refractivity contribution in [2.45, 2.75) is 6.54 Å². The number of nitro benzene ring substituents is 1. The molecule has 0 spiro atoms. The Bertz CT molecular complexity index is 902. The van der Waals surface area contributed by atoms with Crippen molar-refractivity contribution in [3.8, 4) is 0 Å². The highest BCUT2D eigenvalue weighted by Crippen LogP contribution is 2.13. The highest BCUT2D eigenvalue weighted by atomic mass is 35.5. The third-order valence-corrected chi connectivity index (χ3v) is 3.69. The highest BCUT2D eigenvalue weighted by molar-refractivity contribution is 6.30. The second-order valence-corrected chi connectivity index (χ2v) is 5.99. The molecule has 146 valence electrons. The molecule has 0 aliphatic rings. The Morgan fingerprint density at radius 3 is 2.54 bits per heavy atom. The first kappa shape index (κ1) is 20.8. The van der Waals surface area contributed by atoms with E-state index in [0.29, 0.717) is 5.02 Å². The summed E-state index contributed by atoms with van der Waals surface area (Å²) < 4.78 is 4.76. The van der Waals surface area contributed by atoms with Crippen LogP contribution in [0.1, 0.15) is 15.9 Å². The molecule has 2 N–H and O–H groups in total. The first-order valence-corrected chi connectivity index (χ1v) is 8.42. The average Bonchev–Trinajstić information content (AvgIpc) is 2.69. The van der Waals surface area contributed by atoms with Crippen LogP contribution in [0.3, 0.4) is 0 Å². The number of amides is 2. The summed E-state index contributed by atoms with van der Waals surface area (Å²) in [6.45, 7) is -0.768. The van der Waals surface area contributed by atoms with Crippen LogP contribution in [-0.2, 0) is 20.9 Å². The van der Waals surface area contributed by atoms with Gasteiger partial charge in [-0.2, -0.15) is 0 Å². The van der Waals surface area contributed by atoms with Crippen molar-refractivity contribution in [2.24, 2.45) is 0 Å². The van der Waals surface area contributed by atoms with Gasteiger partial charge in [0.05, 0.1) is 4.92 Å². The molecule has 0 aliphatic carbocycles. The number of hydrogen-bond acceptors (Lipinski definition) is 6. The predicted octanol–water partition coefficient (Wildman–Crippen LogP) is 1.84. The Labute approximate surface area is 164 Å². The zero-order valence-corrected chi connectivity index (χ0v) is 15.3. The van der Waals surface area contributed by atoms with Crippen molar-refractivity contribution >= 4 is 35.1 Å². The monoisotopic (exact) mass is 405 g/mol. The molecule has 0 atom stereocenters. The van der Waals surface area contributed by atoms with Gasteiger partial charge in [0.1, 0.15) is 6.54 Å². The molecule has 0 fully saturated rings. The smallest absolute Gasteiger partial charge is 0.325 e. The van der Waals surface area contributed by atoms with E-state index in [1.807, 2.05) is 0 Å². The van der Waals surface area contributed by atoms with E-state index in [4.69, 9.17) is 16.3 Å². The van der Waals surface area contributed by atoms with E-state index in [0.717, 1.165) is 11.6 Å². The van der Waals surface area contributed by atoms with Crippen LogP contribution in [-0.4, -0.2) is 35.9 Å². The van der Waals surface area contributed by atoms with Gasteiger partial charge in [0.2, 0.25) is 0 Å². The van der Waals surface area contributed by atoms with Crippen LogP contribution < -0.4 is 10.6 Å². The zero-order chi connectivity index (χ0) is 20.5. The number of carbonyl (C=O) groups excluding carboxylic acids is 3. The van der Waals surface area contributed by atoms with E-state index in [1.165, 1.54) is 18.2 Å². The molecule has 0 radical (unpaired) electrons. The van der Waals surface area contributed by atoms with Gasteiger partial charge in [0.15, 0.2) is 6.61 Å². The summed E-state index contributed by atoms with van der Waals surface area (Å²) >= 11 is 5.84. The number of benzene rings is 2. The minimum Gasteiger partial charge on any atom is -0.454 e. The SMILES string of the molecule is O=C(COC(=O)CNC(=O)c1cccc([N+](=O)[O-])c1)NCc1cccc(Cl)c1. The van der Waals surface area contributed by atoms with Crippen LogP contribution in [0.4, 0.5) is 5.69 Å². The summed E-state index contributed by atoms with van der Waals surface area (Å²) in [4.78, 5) is 45.3. The van der Waals surface area contributed by atoms with Gasteiger partial charge in [0.25, 0.3) is 17.5 Å². The molecular weight excluding hydrogens is 390 g/mol. The standard InChI is InChI=1S/C18H16ClN3O6/c19-14-5-1-3-12(7-14)9-20-16(23)11-28-17(24)10-21-18(25)13-4-2-6-15(8-13)22(26)27/h1-8H,9-11H2,(H,20,23)(H,21,25). The van der Waals surface area contributed by atoms with Gasteiger partial charge >= 0.3 is 5.97 Å². The maximum absolute atomic E-state index is 11.9. The maximum atomic E-state index is 11.9. The number of non-ortho nitro benzene ring substituents is 1. The summed E-state index contributed by atoms with van der Waals surface area (Å²) in [6.07, 6.45) is 0. The molecule has 0 aromatic heterocycles. The molecule has 9 nitrogen and oxygen atoms in total. The van der Waals surface area contributed by atoms with Crippen molar-refractivity contribution in [3.63, 3.8) is 0 Å².